The molecule has 5 aromatic carbocycles. The van der Waals surface area contributed by atoms with Crippen molar-refractivity contribution in [2.75, 3.05) is 16.8 Å². The minimum atomic E-state index is -0.577. The van der Waals surface area contributed by atoms with Gasteiger partial charge in [0.2, 0.25) is 11.8 Å². The van der Waals surface area contributed by atoms with Gasteiger partial charge in [-0.1, -0.05) is 103 Å². The molecule has 9 nitrogen and oxygen atoms in total. The summed E-state index contributed by atoms with van der Waals surface area (Å²) in [5.41, 5.74) is 14.0. The van der Waals surface area contributed by atoms with Crippen molar-refractivity contribution in [3.05, 3.63) is 144 Å². The number of nitrogens with zero attached hydrogens (tertiary/aromatic N) is 1. The molecule has 2 heterocycles. The molecule has 1 saturated heterocycles. The Hall–Kier alpha value is -5.04. The summed E-state index contributed by atoms with van der Waals surface area (Å²) in [7, 11) is 0. The molecule has 1 aromatic heterocycles. The van der Waals surface area contributed by atoms with Gasteiger partial charge in [-0.2, -0.15) is 0 Å². The van der Waals surface area contributed by atoms with Gasteiger partial charge in [-0.3, -0.25) is 9.59 Å². The summed E-state index contributed by atoms with van der Waals surface area (Å²) in [4.78, 5) is 29.8. The van der Waals surface area contributed by atoms with Crippen LogP contribution in [0.15, 0.2) is 126 Å². The topological polar surface area (TPSA) is 136 Å². The predicted molar refractivity (Wildman–Crippen MR) is 225 cm³/mol. The fourth-order valence-electron chi connectivity index (χ4n) is 6.69. The van der Waals surface area contributed by atoms with Gasteiger partial charge in [0.25, 0.3) is 0 Å². The van der Waals surface area contributed by atoms with Crippen molar-refractivity contribution >= 4 is 56.5 Å². The molecule has 0 bridgehead atoms. The highest BCUT2D eigenvalue weighted by molar-refractivity contribution is 8.01. The first-order valence-corrected chi connectivity index (χ1v) is 20.8. The van der Waals surface area contributed by atoms with Gasteiger partial charge in [-0.05, 0) is 77.1 Å². The number of fused-ring (bicyclic) bond motifs is 1. The second-order valence-electron chi connectivity index (χ2n) is 13.9. The number of hydrogen-bond acceptors (Lipinski definition) is 9. The van der Waals surface area contributed by atoms with E-state index in [1.807, 2.05) is 78.9 Å². The van der Waals surface area contributed by atoms with Gasteiger partial charge in [0.1, 0.15) is 0 Å². The van der Waals surface area contributed by atoms with E-state index in [1.54, 1.807) is 35.2 Å². The first-order chi connectivity index (χ1) is 27.4. The van der Waals surface area contributed by atoms with E-state index in [0.717, 1.165) is 55.4 Å². The summed E-state index contributed by atoms with van der Waals surface area (Å²) >= 11 is 3.41. The maximum absolute atomic E-state index is 12.7. The molecule has 5 N–H and O–H groups in total. The molecule has 0 saturated carbocycles. The zero-order valence-corrected chi connectivity index (χ0v) is 32.7. The Bertz CT molecular complexity index is 2210. The van der Waals surface area contributed by atoms with Gasteiger partial charge >= 0.3 is 0 Å². The summed E-state index contributed by atoms with van der Waals surface area (Å²) in [6.07, 6.45) is 2.84. The van der Waals surface area contributed by atoms with E-state index in [0.29, 0.717) is 50.0 Å². The normalized spacial score (nSPS) is 16.8. The number of anilines is 2. The fraction of sp³-hybridized carbons (Fsp3) is 0.267. The third kappa shape index (κ3) is 10.6. The number of nitrogens with two attached hydrogens (primary N) is 1. The Kier molecular flexibility index (Phi) is 13.4. The maximum Gasteiger partial charge on any atom is 0.224 e. The molecule has 1 fully saturated rings. The third-order valence-electron chi connectivity index (χ3n) is 9.73. The molecular formula is C45H46N4O5S2. The first kappa shape index (κ1) is 39.2. The minimum absolute atomic E-state index is 0.00506. The minimum Gasteiger partial charge on any atom is -0.397 e. The molecule has 2 amide bonds. The van der Waals surface area contributed by atoms with Gasteiger partial charge in [0.15, 0.2) is 10.6 Å². The number of thiazole rings is 1. The number of thioether (sulfide) groups is 1. The molecule has 0 unspecified atom stereocenters. The number of unbranched alkanes of at least 4 members (excludes halogenated alkanes) is 2. The molecular weight excluding hydrogens is 741 g/mol. The average Bonchev–Trinajstić information content (AvgIpc) is 3.66. The van der Waals surface area contributed by atoms with Crippen LogP contribution in [0.2, 0.25) is 0 Å². The molecule has 288 valence electrons. The Labute approximate surface area is 335 Å². The fourth-order valence-corrected chi connectivity index (χ4v) is 8.80. The zero-order valence-electron chi connectivity index (χ0n) is 31.1. The molecule has 11 heteroatoms. The van der Waals surface area contributed by atoms with Crippen LogP contribution in [-0.2, 0) is 32.2 Å². The number of benzene rings is 5. The number of nitrogen functional groups attached to an aromatic ring is 1. The molecule has 1 aliphatic rings. The second kappa shape index (κ2) is 19.2. The van der Waals surface area contributed by atoms with E-state index in [9.17, 15) is 14.7 Å². The molecule has 0 spiro atoms. The summed E-state index contributed by atoms with van der Waals surface area (Å²) in [6.45, 7) is 0.418. The number of para-hydroxylation sites is 3. The van der Waals surface area contributed by atoms with E-state index in [4.69, 9.17) is 20.2 Å². The van der Waals surface area contributed by atoms with E-state index < -0.39 is 6.29 Å². The smallest absolute Gasteiger partial charge is 0.224 e. The standard InChI is InChI=1S/C45H46N4O5S2/c46-37-14-4-5-15-38(37)48-43(52)19-3-1-2-18-42(51)47-27-31-10-8-11-33(24-31)34-12-9-13-35(25-34)44-53-36(26-40(54-44)32-22-20-30(28-50)21-23-32)29-55-45-49-39-16-6-7-17-41(39)56-45/h4-17,20-25,36,40,44,50H,1-3,18-19,26-29,46H2,(H,47,51)(H,48,52)/t36-,40+,44+/m0/s1. The Morgan fingerprint density at radius 2 is 1.54 bits per heavy atom. The van der Waals surface area contributed by atoms with E-state index >= 15 is 0 Å². The van der Waals surface area contributed by atoms with E-state index in [1.165, 1.54) is 4.70 Å². The molecule has 6 aromatic rings. The van der Waals surface area contributed by atoms with Crippen molar-refractivity contribution < 1.29 is 24.2 Å². The Morgan fingerprint density at radius 3 is 2.34 bits per heavy atom. The van der Waals surface area contributed by atoms with Crippen LogP contribution in [0.5, 0.6) is 0 Å². The quantitative estimate of drug-likeness (QED) is 0.0433. The lowest BCUT2D eigenvalue weighted by Gasteiger charge is -2.36. The number of amides is 2. The molecule has 56 heavy (non-hydrogen) atoms. The molecule has 7 rings (SSSR count). The number of rotatable bonds is 16. The third-order valence-corrected chi connectivity index (χ3v) is 12.0. The van der Waals surface area contributed by atoms with Crippen molar-refractivity contribution in [3.63, 3.8) is 0 Å². The van der Waals surface area contributed by atoms with Crippen molar-refractivity contribution in [2.24, 2.45) is 0 Å². The molecule has 3 atom stereocenters. The van der Waals surface area contributed by atoms with Crippen LogP contribution in [0.3, 0.4) is 0 Å². The largest absolute Gasteiger partial charge is 0.397 e. The molecule has 1 aliphatic heterocycles. The summed E-state index contributed by atoms with van der Waals surface area (Å²) in [6, 6.07) is 39.8. The Morgan fingerprint density at radius 1 is 0.786 bits per heavy atom. The summed E-state index contributed by atoms with van der Waals surface area (Å²) in [5.74, 6) is 0.646. The van der Waals surface area contributed by atoms with Crippen LogP contribution in [0, 0.1) is 0 Å². The number of aromatic nitrogens is 1. The first-order valence-electron chi connectivity index (χ1n) is 19.0. The maximum atomic E-state index is 12.7. The van der Waals surface area contributed by atoms with Gasteiger partial charge in [-0.25, -0.2) is 4.98 Å². The number of aliphatic hydroxyl groups is 1. The number of aliphatic hydroxyl groups excluding tert-OH is 1. The summed E-state index contributed by atoms with van der Waals surface area (Å²) < 4.78 is 15.5. The van der Waals surface area contributed by atoms with Crippen molar-refractivity contribution in [2.45, 2.75) is 74.5 Å². The highest BCUT2D eigenvalue weighted by atomic mass is 32.2. The average molecular weight is 787 g/mol. The lowest BCUT2D eigenvalue weighted by atomic mass is 9.99. The predicted octanol–water partition coefficient (Wildman–Crippen LogP) is 9.58. The molecule has 0 aliphatic carbocycles. The van der Waals surface area contributed by atoms with Crippen molar-refractivity contribution in [3.8, 4) is 11.1 Å². The monoisotopic (exact) mass is 786 g/mol. The number of hydrogen-bond donors (Lipinski definition) is 4. The number of ether oxygens (including phenoxy) is 2. The second-order valence-corrected chi connectivity index (χ2v) is 16.2. The number of carbonyl (C=O) groups excluding carboxylic acids is 2. The summed E-state index contributed by atoms with van der Waals surface area (Å²) in [5, 5.41) is 15.5. The highest BCUT2D eigenvalue weighted by Crippen LogP contribution is 2.41. The van der Waals surface area contributed by atoms with Crippen molar-refractivity contribution in [1.29, 1.82) is 0 Å². The van der Waals surface area contributed by atoms with Gasteiger partial charge < -0.3 is 30.9 Å². The molecule has 0 radical (unpaired) electrons. The van der Waals surface area contributed by atoms with Crippen LogP contribution in [0.25, 0.3) is 21.3 Å². The number of carbonyl (C=O) groups is 2. The lowest BCUT2D eigenvalue weighted by molar-refractivity contribution is -0.245. The zero-order chi connectivity index (χ0) is 38.7. The van der Waals surface area contributed by atoms with Gasteiger partial charge in [-0.15, -0.1) is 11.3 Å². The van der Waals surface area contributed by atoms with Crippen LogP contribution in [0.1, 0.15) is 73.2 Å². The van der Waals surface area contributed by atoms with Crippen molar-refractivity contribution in [1.82, 2.24) is 10.3 Å². The van der Waals surface area contributed by atoms with Crippen LogP contribution < -0.4 is 16.4 Å². The van der Waals surface area contributed by atoms with Gasteiger partial charge in [0, 0.05) is 37.1 Å². The van der Waals surface area contributed by atoms with E-state index in [2.05, 4.69) is 41.0 Å². The SMILES string of the molecule is Nc1ccccc1NC(=O)CCCCCC(=O)NCc1cccc(-c2cccc([C@@H]3O[C@H](CSc4nc5ccccc5s4)C[C@H](c4ccc(CO)cc4)O3)c2)c1. The van der Waals surface area contributed by atoms with Crippen LogP contribution in [-0.4, -0.2) is 33.8 Å². The number of nitrogens with one attached hydrogen (secondary N) is 2. The van der Waals surface area contributed by atoms with Crippen LogP contribution in [0.4, 0.5) is 11.4 Å². The lowest BCUT2D eigenvalue weighted by Crippen LogP contribution is -2.31. The van der Waals surface area contributed by atoms with E-state index in [-0.39, 0.29) is 30.6 Å². The van der Waals surface area contributed by atoms with Gasteiger partial charge in [0.05, 0.1) is 40.4 Å². The Balaban J connectivity index is 0.943. The highest BCUT2D eigenvalue weighted by Gasteiger charge is 2.32. The van der Waals surface area contributed by atoms with Crippen LogP contribution >= 0.6 is 23.1 Å².